The molecule has 0 atom stereocenters. The molecule has 0 aliphatic heterocycles. The summed E-state index contributed by atoms with van der Waals surface area (Å²) in [5, 5.41) is 4.96. The smallest absolute Gasteiger partial charge is 0.407 e. The monoisotopic (exact) mass is 845 g/mol. The lowest BCUT2D eigenvalue weighted by molar-refractivity contribution is -0.143. The van der Waals surface area contributed by atoms with Crippen LogP contribution in [0.3, 0.4) is 0 Å². The van der Waals surface area contributed by atoms with Crippen LogP contribution in [0.4, 0.5) is 22.8 Å². The van der Waals surface area contributed by atoms with Gasteiger partial charge in [-0.25, -0.2) is 47.3 Å². The second-order valence-electron chi connectivity index (χ2n) is 11.5. The zero-order valence-electron chi connectivity index (χ0n) is 31.4. The van der Waals surface area contributed by atoms with Crippen LogP contribution >= 0.6 is 23.5 Å². The molecule has 0 aliphatic rings. The number of hydrogen-bond donors (Lipinski definition) is 2. The number of carbonyl (C=O) groups excluding carboxylic acids is 4. The first-order valence-electron chi connectivity index (χ1n) is 17.3. The van der Waals surface area contributed by atoms with Crippen molar-refractivity contribution in [2.75, 3.05) is 89.0 Å². The summed E-state index contributed by atoms with van der Waals surface area (Å²) in [7, 11) is 0. The molecular formula is C33H50F3N5O13S2. The molecule has 2 N–H and O–H groups in total. The summed E-state index contributed by atoms with van der Waals surface area (Å²) in [5.41, 5.74) is -3.22. The third-order valence-corrected chi connectivity index (χ3v) is 8.70. The summed E-state index contributed by atoms with van der Waals surface area (Å²) in [6.45, 7) is 8.61. The summed E-state index contributed by atoms with van der Waals surface area (Å²) >= 11 is 2.63. The second kappa shape index (κ2) is 28.2. The van der Waals surface area contributed by atoms with Gasteiger partial charge in [0.1, 0.15) is 33.0 Å². The fourth-order valence-corrected chi connectivity index (χ4v) is 5.49. The van der Waals surface area contributed by atoms with Gasteiger partial charge in [0.2, 0.25) is 0 Å². The topological polar surface area (TPSA) is 214 Å². The fourth-order valence-electron chi connectivity index (χ4n) is 4.01. The van der Waals surface area contributed by atoms with Crippen molar-refractivity contribution in [3.05, 3.63) is 55.8 Å². The first kappa shape index (κ1) is 49.8. The van der Waals surface area contributed by atoms with Crippen LogP contribution in [0.5, 0.6) is 0 Å². The number of esters is 2. The van der Waals surface area contributed by atoms with Crippen molar-refractivity contribution in [1.82, 2.24) is 24.3 Å². The number of nitrogens with zero attached hydrogens (tertiary/aromatic N) is 3. The zero-order valence-corrected chi connectivity index (χ0v) is 33.1. The van der Waals surface area contributed by atoms with Crippen molar-refractivity contribution in [3.8, 4) is 0 Å². The Bertz CT molecular complexity index is 1510. The fraction of sp³-hybridized carbons (Fsp3) is 0.667. The Kier molecular flexibility index (Phi) is 25.1. The minimum Gasteiger partial charge on any atom is -0.460 e. The highest BCUT2D eigenvalue weighted by atomic mass is 32.2. The molecule has 0 saturated heterocycles. The molecule has 2 amide bonds. The van der Waals surface area contributed by atoms with Crippen LogP contribution in [0.15, 0.2) is 38.7 Å². The zero-order chi connectivity index (χ0) is 41.9. The van der Waals surface area contributed by atoms with E-state index in [9.17, 15) is 46.7 Å². The van der Waals surface area contributed by atoms with E-state index in [1.54, 1.807) is 0 Å². The average molecular weight is 846 g/mol. The molecule has 0 spiro atoms. The highest BCUT2D eigenvalue weighted by molar-refractivity contribution is 7.99. The number of hydrogen-bond acceptors (Lipinski definition) is 15. The van der Waals surface area contributed by atoms with Gasteiger partial charge in [-0.05, 0) is 38.2 Å². The highest BCUT2D eigenvalue weighted by Gasteiger charge is 2.31. The highest BCUT2D eigenvalue weighted by Crippen LogP contribution is 2.15. The second-order valence-corrected chi connectivity index (χ2v) is 13.9. The first-order chi connectivity index (χ1) is 26.5. The maximum Gasteiger partial charge on any atom is 0.407 e. The number of carbonyl (C=O) groups is 4. The predicted molar refractivity (Wildman–Crippen MR) is 201 cm³/mol. The molecule has 23 heteroatoms. The van der Waals surface area contributed by atoms with E-state index in [0.717, 1.165) is 0 Å². The Morgan fingerprint density at radius 1 is 0.589 bits per heavy atom. The van der Waals surface area contributed by atoms with Gasteiger partial charge >= 0.3 is 47.4 Å². The van der Waals surface area contributed by atoms with E-state index < -0.39 is 53.9 Å². The van der Waals surface area contributed by atoms with Crippen molar-refractivity contribution < 1.29 is 60.8 Å². The largest absolute Gasteiger partial charge is 0.460 e. The van der Waals surface area contributed by atoms with Crippen molar-refractivity contribution in [1.29, 1.82) is 0 Å². The number of halogens is 3. The number of amides is 2. The number of alkyl halides is 3. The maximum atomic E-state index is 13.3. The number of alkyl carbamates (subject to hydrolysis) is 2. The lowest BCUT2D eigenvalue weighted by Gasteiger charge is -2.15. The Labute approximate surface area is 329 Å². The van der Waals surface area contributed by atoms with Crippen LogP contribution in [-0.2, 0) is 57.6 Å². The van der Waals surface area contributed by atoms with Crippen molar-refractivity contribution >= 4 is 47.6 Å². The van der Waals surface area contributed by atoms with Crippen LogP contribution < -0.4 is 27.7 Å². The minimum atomic E-state index is -4.89. The van der Waals surface area contributed by atoms with Gasteiger partial charge in [-0.3, -0.25) is 0 Å². The van der Waals surface area contributed by atoms with Crippen LogP contribution in [0.25, 0.3) is 0 Å². The molecule has 1 aromatic heterocycles. The average Bonchev–Trinajstić information content (AvgIpc) is 3.13. The summed E-state index contributed by atoms with van der Waals surface area (Å²) in [6.07, 6.45) is -5.88. The van der Waals surface area contributed by atoms with Gasteiger partial charge in [0, 0.05) is 48.8 Å². The molecule has 0 saturated carbocycles. The maximum absolute atomic E-state index is 13.3. The molecule has 0 unspecified atom stereocenters. The predicted octanol–water partition coefficient (Wildman–Crippen LogP) is 1.70. The van der Waals surface area contributed by atoms with Gasteiger partial charge in [-0.2, -0.15) is 36.7 Å². The van der Waals surface area contributed by atoms with Gasteiger partial charge in [-0.15, -0.1) is 0 Å². The van der Waals surface area contributed by atoms with E-state index in [1.807, 2.05) is 0 Å². The van der Waals surface area contributed by atoms with Crippen molar-refractivity contribution in [3.63, 3.8) is 0 Å². The molecule has 0 aromatic carbocycles. The van der Waals surface area contributed by atoms with Crippen LogP contribution in [0.2, 0.25) is 0 Å². The van der Waals surface area contributed by atoms with E-state index in [-0.39, 0.29) is 108 Å². The molecule has 1 heterocycles. The van der Waals surface area contributed by atoms with E-state index in [2.05, 4.69) is 23.8 Å². The molecule has 1 rings (SSSR count). The van der Waals surface area contributed by atoms with Gasteiger partial charge in [0.25, 0.3) is 0 Å². The SMILES string of the molecule is C=C(C)C(=O)OCCOCCNC(=O)OCCSCCCn1c(=O)n(CCCSCCOC(=O)NCCOCCOC(=O)C(=C)C)c(=O)n(CC(F)(F)F)c1=O. The summed E-state index contributed by atoms with van der Waals surface area (Å²) in [4.78, 5) is 84.8. The molecule has 18 nitrogen and oxygen atoms in total. The summed E-state index contributed by atoms with van der Waals surface area (Å²) in [5.74, 6) is 0.368. The Morgan fingerprint density at radius 2 is 0.982 bits per heavy atom. The lowest BCUT2D eigenvalue weighted by Crippen LogP contribution is -2.55. The Morgan fingerprint density at radius 3 is 1.36 bits per heavy atom. The number of nitrogens with one attached hydrogen (secondary N) is 2. The molecule has 0 bridgehead atoms. The Hall–Kier alpha value is -4.22. The van der Waals surface area contributed by atoms with Crippen LogP contribution in [0.1, 0.15) is 26.7 Å². The third-order valence-electron chi connectivity index (χ3n) is 6.64. The van der Waals surface area contributed by atoms with E-state index in [1.165, 1.54) is 37.4 Å². The number of thioether (sulfide) groups is 2. The van der Waals surface area contributed by atoms with Gasteiger partial charge in [-0.1, -0.05) is 13.2 Å². The van der Waals surface area contributed by atoms with Gasteiger partial charge in [0.15, 0.2) is 0 Å². The molecule has 0 fully saturated rings. The number of aromatic nitrogens is 3. The quantitative estimate of drug-likeness (QED) is 0.0509. The summed E-state index contributed by atoms with van der Waals surface area (Å²) in [6, 6.07) is 0. The minimum absolute atomic E-state index is 0.00633. The molecule has 0 aliphatic carbocycles. The standard InChI is InChI=1S/C33H50F3N5O13S2/c1-24(2)26(42)51-15-13-49-11-7-37-28(44)53-17-21-55-19-5-9-39-30(46)40(32(48)41(31(39)47)23-33(34,35)36)10-6-20-56-22-18-54-29(45)38-8-12-50-14-16-52-27(43)25(3)4/h1,3,5-23H2,2,4H3,(H,37,44)(H,38,45). The number of ether oxygens (including phenoxy) is 6. The van der Waals surface area contributed by atoms with E-state index in [4.69, 9.17) is 28.4 Å². The molecule has 56 heavy (non-hydrogen) atoms. The lowest BCUT2D eigenvalue weighted by atomic mass is 10.4. The molecule has 1 aromatic rings. The van der Waals surface area contributed by atoms with Crippen molar-refractivity contribution in [2.45, 2.75) is 52.5 Å². The number of rotatable bonds is 29. The summed E-state index contributed by atoms with van der Waals surface area (Å²) < 4.78 is 71.2. The first-order valence-corrected chi connectivity index (χ1v) is 19.6. The van der Waals surface area contributed by atoms with Gasteiger partial charge < -0.3 is 39.1 Å². The van der Waals surface area contributed by atoms with E-state index >= 15 is 0 Å². The third kappa shape index (κ3) is 22.4. The normalized spacial score (nSPS) is 11.1. The van der Waals surface area contributed by atoms with Crippen molar-refractivity contribution in [2.24, 2.45) is 0 Å². The Balaban J connectivity index is 2.42. The van der Waals surface area contributed by atoms with Gasteiger partial charge in [0.05, 0.1) is 26.4 Å². The molecular weight excluding hydrogens is 796 g/mol. The van der Waals surface area contributed by atoms with E-state index in [0.29, 0.717) is 32.1 Å². The molecule has 0 radical (unpaired) electrons. The van der Waals surface area contributed by atoms with Crippen LogP contribution in [-0.4, -0.2) is 133 Å². The molecule has 318 valence electrons. The van der Waals surface area contributed by atoms with Crippen LogP contribution in [0, 0.1) is 0 Å².